The molecule has 3 amide bonds. The van der Waals surface area contributed by atoms with Gasteiger partial charge in [0.2, 0.25) is 0 Å². The van der Waals surface area contributed by atoms with Gasteiger partial charge in [-0.2, -0.15) is 0 Å². The van der Waals surface area contributed by atoms with Crippen LogP contribution in [0.5, 0.6) is 17.2 Å². The summed E-state index contributed by atoms with van der Waals surface area (Å²) in [6.45, 7) is 5.26. The highest BCUT2D eigenvalue weighted by Crippen LogP contribution is 2.44. The van der Waals surface area contributed by atoms with E-state index in [4.69, 9.17) is 14.2 Å². The minimum absolute atomic E-state index is 0.0116. The van der Waals surface area contributed by atoms with Crippen LogP contribution in [0.1, 0.15) is 54.6 Å². The number of anilines is 3. The zero-order valence-electron chi connectivity index (χ0n) is 30.9. The first kappa shape index (κ1) is 36.1. The van der Waals surface area contributed by atoms with E-state index < -0.39 is 6.17 Å². The number of benzene rings is 3. The number of carbonyl (C=O) groups excluding carboxylic acids is 2. The summed E-state index contributed by atoms with van der Waals surface area (Å²) in [4.78, 5) is 33.4. The number of likely N-dealkylation sites (tertiary alicyclic amines) is 1. The minimum Gasteiger partial charge on any atom is -0.497 e. The molecule has 0 saturated carbocycles. The normalized spacial score (nSPS) is 16.4. The van der Waals surface area contributed by atoms with E-state index in [9.17, 15) is 14.0 Å². The third-order valence-corrected chi connectivity index (χ3v) is 9.99. The monoisotopic (exact) mass is 733 g/mol. The molecule has 1 fully saturated rings. The van der Waals surface area contributed by atoms with E-state index in [1.165, 1.54) is 11.8 Å². The fourth-order valence-corrected chi connectivity index (χ4v) is 7.34. The number of pyridine rings is 1. The Morgan fingerprint density at radius 2 is 1.69 bits per heavy atom. The van der Waals surface area contributed by atoms with Crippen LogP contribution in [0.25, 0.3) is 5.69 Å². The van der Waals surface area contributed by atoms with Gasteiger partial charge in [0.1, 0.15) is 11.6 Å². The summed E-state index contributed by atoms with van der Waals surface area (Å²) in [6, 6.07) is 25.5. The van der Waals surface area contributed by atoms with Gasteiger partial charge in [0.05, 0.1) is 49.5 Å². The lowest BCUT2D eigenvalue weighted by molar-refractivity contribution is 0.0993. The molecule has 3 N–H and O–H groups in total. The average Bonchev–Trinajstić information content (AvgIpc) is 3.79. The number of aromatic nitrogens is 2. The number of methoxy groups -OCH3 is 3. The Balaban J connectivity index is 0.000000168. The quantitative estimate of drug-likeness (QED) is 0.159. The highest BCUT2D eigenvalue weighted by Gasteiger charge is 2.43. The summed E-state index contributed by atoms with van der Waals surface area (Å²) in [5.41, 5.74) is 5.44. The van der Waals surface area contributed by atoms with Crippen molar-refractivity contribution in [3.63, 3.8) is 0 Å². The van der Waals surface area contributed by atoms with Gasteiger partial charge in [-0.25, -0.2) is 9.18 Å². The van der Waals surface area contributed by atoms with E-state index >= 15 is 0 Å². The summed E-state index contributed by atoms with van der Waals surface area (Å²) in [7, 11) is 4.78. The molecule has 0 bridgehead atoms. The van der Waals surface area contributed by atoms with Crippen LogP contribution in [0.4, 0.5) is 26.2 Å². The van der Waals surface area contributed by atoms with Crippen molar-refractivity contribution < 1.29 is 28.2 Å². The van der Waals surface area contributed by atoms with Crippen LogP contribution in [0.3, 0.4) is 0 Å². The van der Waals surface area contributed by atoms with Crippen LogP contribution in [0.15, 0.2) is 97.3 Å². The maximum Gasteiger partial charge on any atom is 0.317 e. The third kappa shape index (κ3) is 6.84. The summed E-state index contributed by atoms with van der Waals surface area (Å²) in [5, 5.41) is 9.94. The zero-order chi connectivity index (χ0) is 38.0. The van der Waals surface area contributed by atoms with Crippen LogP contribution in [0.2, 0.25) is 0 Å². The highest BCUT2D eigenvalue weighted by atomic mass is 19.1. The molecule has 1 unspecified atom stereocenters. The van der Waals surface area contributed by atoms with Gasteiger partial charge in [-0.1, -0.05) is 0 Å². The van der Waals surface area contributed by atoms with Crippen LogP contribution >= 0.6 is 0 Å². The number of ether oxygens (including phenoxy) is 3. The fourth-order valence-electron chi connectivity index (χ4n) is 7.34. The largest absolute Gasteiger partial charge is 0.497 e. The van der Waals surface area contributed by atoms with E-state index in [-0.39, 0.29) is 29.3 Å². The molecule has 2 aromatic heterocycles. The summed E-state index contributed by atoms with van der Waals surface area (Å²) in [6.07, 6.45) is 4.82. The van der Waals surface area contributed by atoms with Gasteiger partial charge >= 0.3 is 6.03 Å². The molecule has 13 heteroatoms. The van der Waals surface area contributed by atoms with E-state index in [0.717, 1.165) is 41.3 Å². The number of nitrogens with zero attached hydrogens (tertiary/aromatic N) is 4. The molecule has 1 atom stereocenters. The van der Waals surface area contributed by atoms with Crippen molar-refractivity contribution in [2.24, 2.45) is 0 Å². The Labute approximate surface area is 313 Å². The first-order valence-corrected chi connectivity index (χ1v) is 17.9. The lowest BCUT2D eigenvalue weighted by Gasteiger charge is -2.46. The van der Waals surface area contributed by atoms with E-state index in [2.05, 4.69) is 31.6 Å². The second-order valence-electron chi connectivity index (χ2n) is 13.6. The van der Waals surface area contributed by atoms with Gasteiger partial charge in [-0.15, -0.1) is 0 Å². The predicted octanol–water partition coefficient (Wildman–Crippen LogP) is 7.33. The highest BCUT2D eigenvalue weighted by molar-refractivity contribution is 6.11. The minimum atomic E-state index is -0.467. The van der Waals surface area contributed by atoms with E-state index in [1.807, 2.05) is 73.5 Å². The Bertz CT molecular complexity index is 2150. The molecular weight excluding hydrogens is 689 g/mol. The number of hydrogen-bond donors (Lipinski definition) is 3. The topological polar surface area (TPSA) is 122 Å². The van der Waals surface area contributed by atoms with Crippen molar-refractivity contribution in [2.75, 3.05) is 50.0 Å². The van der Waals surface area contributed by atoms with Gasteiger partial charge < -0.3 is 39.6 Å². The Kier molecular flexibility index (Phi) is 10.0. The van der Waals surface area contributed by atoms with Crippen molar-refractivity contribution in [3.05, 3.63) is 120 Å². The molecule has 280 valence electrons. The molecule has 5 heterocycles. The predicted molar refractivity (Wildman–Crippen MR) is 205 cm³/mol. The number of rotatable bonds is 7. The third-order valence-electron chi connectivity index (χ3n) is 9.99. The van der Waals surface area contributed by atoms with E-state index in [0.29, 0.717) is 35.8 Å². The standard InChI is InChI=1S/C22H21N3O4.C19H23FN4O/c1-27-16-9-7-15(8-10-16)25-21(20-17(22(25)26)5-4-12-23-20)24-14-6-11-18(28-2)19(13-14)29-3;1-13(2)21-18(25)23-10-7-19(8-11-23)17-4-3-9-24(17)16-6-5-14(20)12-15(16)22-19/h4-13,21,24H,1-3H3;3-6,9,12-13,22H,7-8,10-11H2,1-2H3,(H,21,25). The number of fused-ring (bicyclic) bond motifs is 5. The zero-order valence-corrected chi connectivity index (χ0v) is 30.9. The second kappa shape index (κ2) is 15.0. The number of urea groups is 1. The first-order valence-electron chi connectivity index (χ1n) is 17.9. The van der Waals surface area contributed by atoms with Gasteiger partial charge in [0.15, 0.2) is 17.7 Å². The summed E-state index contributed by atoms with van der Waals surface area (Å²) < 4.78 is 31.8. The van der Waals surface area contributed by atoms with Crippen LogP contribution < -0.4 is 35.1 Å². The van der Waals surface area contributed by atoms with E-state index in [1.54, 1.807) is 56.7 Å². The number of piperidine rings is 1. The molecule has 5 aromatic rings. The Hall–Kier alpha value is -6.24. The lowest BCUT2D eigenvalue weighted by Crippen LogP contribution is -2.53. The Morgan fingerprint density at radius 1 is 0.926 bits per heavy atom. The number of amides is 3. The van der Waals surface area contributed by atoms with Gasteiger partial charge in [-0.05, 0) is 106 Å². The molecule has 3 aromatic carbocycles. The fraction of sp³-hybridized carbons (Fsp3) is 0.293. The van der Waals surface area contributed by atoms with Gasteiger partial charge in [0, 0.05) is 54.7 Å². The number of hydrogen-bond acceptors (Lipinski definition) is 8. The molecule has 8 rings (SSSR count). The number of halogens is 1. The maximum absolute atomic E-state index is 13.7. The van der Waals surface area contributed by atoms with Crippen LogP contribution in [0, 0.1) is 5.82 Å². The SMILES string of the molecule is CC(C)NC(=O)N1CCC2(CC1)Nc1cc(F)ccc1-n1cccc12.COc1ccc(N2C(=O)c3cccnc3C2Nc2ccc(OC)c(OC)c2)cc1. The molecule has 12 nitrogen and oxygen atoms in total. The lowest BCUT2D eigenvalue weighted by atomic mass is 9.82. The number of nitrogens with one attached hydrogen (secondary N) is 3. The average molecular weight is 734 g/mol. The molecule has 3 aliphatic heterocycles. The van der Waals surface area contributed by atoms with Crippen LogP contribution in [-0.4, -0.2) is 66.9 Å². The molecule has 0 radical (unpaired) electrons. The molecular formula is C41H44FN7O5. The maximum atomic E-state index is 13.7. The molecule has 1 saturated heterocycles. The van der Waals surface area contributed by atoms with Gasteiger partial charge in [0.25, 0.3) is 5.91 Å². The summed E-state index contributed by atoms with van der Waals surface area (Å²) >= 11 is 0. The molecule has 3 aliphatic rings. The van der Waals surface area contributed by atoms with Gasteiger partial charge in [-0.3, -0.25) is 14.7 Å². The summed E-state index contributed by atoms with van der Waals surface area (Å²) in [5.74, 6) is 1.59. The van der Waals surface area contributed by atoms with Crippen molar-refractivity contribution in [1.29, 1.82) is 0 Å². The second-order valence-corrected chi connectivity index (χ2v) is 13.6. The van der Waals surface area contributed by atoms with Crippen molar-refractivity contribution in [2.45, 2.75) is 44.4 Å². The molecule has 0 aliphatic carbocycles. The Morgan fingerprint density at radius 3 is 2.39 bits per heavy atom. The van der Waals surface area contributed by atoms with Crippen molar-refractivity contribution in [3.8, 4) is 22.9 Å². The smallest absolute Gasteiger partial charge is 0.317 e. The molecule has 54 heavy (non-hydrogen) atoms. The van der Waals surface area contributed by atoms with Crippen molar-refractivity contribution in [1.82, 2.24) is 19.8 Å². The molecule has 1 spiro atoms. The number of carbonyl (C=O) groups is 2. The van der Waals surface area contributed by atoms with Crippen LogP contribution in [-0.2, 0) is 5.54 Å². The first-order chi connectivity index (χ1) is 26.1. The van der Waals surface area contributed by atoms with Crippen molar-refractivity contribution >= 4 is 29.0 Å².